The van der Waals surface area contributed by atoms with Crippen molar-refractivity contribution in [1.29, 1.82) is 0 Å². The predicted octanol–water partition coefficient (Wildman–Crippen LogP) is 2.60. The van der Waals surface area contributed by atoms with Gasteiger partial charge in [-0.1, -0.05) is 50.5 Å². The first kappa shape index (κ1) is 25.9. The third-order valence-corrected chi connectivity index (χ3v) is 7.93. The second kappa shape index (κ2) is 11.2. The van der Waals surface area contributed by atoms with Gasteiger partial charge in [0.2, 0.25) is 11.8 Å². The largest absolute Gasteiger partial charge is 0.465 e. The summed E-state index contributed by atoms with van der Waals surface area (Å²) < 4.78 is 12.2. The van der Waals surface area contributed by atoms with Gasteiger partial charge in [-0.05, 0) is 39.0 Å². The molecule has 2 amide bonds. The van der Waals surface area contributed by atoms with Gasteiger partial charge in [-0.25, -0.2) is 0 Å². The first-order chi connectivity index (χ1) is 17.0. The van der Waals surface area contributed by atoms with E-state index in [2.05, 4.69) is 6.92 Å². The number of carbonyl (C=O) groups is 3. The predicted molar refractivity (Wildman–Crippen MR) is 130 cm³/mol. The van der Waals surface area contributed by atoms with E-state index in [9.17, 15) is 14.4 Å². The number of hydrogen-bond donors (Lipinski definition) is 1. The highest BCUT2D eigenvalue weighted by molar-refractivity contribution is 5.99. The maximum absolute atomic E-state index is 14.1. The van der Waals surface area contributed by atoms with Gasteiger partial charge in [0.05, 0.1) is 18.6 Å². The Morgan fingerprint density at radius 3 is 2.71 bits per heavy atom. The summed E-state index contributed by atoms with van der Waals surface area (Å²) in [5.74, 6) is -2.27. The quantitative estimate of drug-likeness (QED) is 0.305. The molecule has 1 spiro atoms. The van der Waals surface area contributed by atoms with Crippen molar-refractivity contribution >= 4 is 17.8 Å². The van der Waals surface area contributed by atoms with Crippen LogP contribution in [0.1, 0.15) is 65.2 Å². The van der Waals surface area contributed by atoms with E-state index >= 15 is 0 Å². The number of nitrogens with zero attached hydrogens (tertiary/aromatic N) is 2. The molecule has 0 aromatic heterocycles. The first-order valence-electron chi connectivity index (χ1n) is 13.4. The van der Waals surface area contributed by atoms with Crippen LogP contribution in [-0.4, -0.2) is 82.8 Å². The van der Waals surface area contributed by atoms with Crippen LogP contribution in [0, 0.1) is 11.8 Å². The van der Waals surface area contributed by atoms with Gasteiger partial charge in [0.15, 0.2) is 0 Å². The molecule has 0 saturated carbocycles. The lowest BCUT2D eigenvalue weighted by molar-refractivity contribution is -0.155. The van der Waals surface area contributed by atoms with Gasteiger partial charge < -0.3 is 24.4 Å². The van der Waals surface area contributed by atoms with Crippen molar-refractivity contribution in [1.82, 2.24) is 9.80 Å². The number of esters is 1. The van der Waals surface area contributed by atoms with Gasteiger partial charge in [-0.3, -0.25) is 14.4 Å². The molecule has 0 aromatic rings. The highest BCUT2D eigenvalue weighted by Crippen LogP contribution is 2.53. The molecule has 6 atom stereocenters. The minimum absolute atomic E-state index is 0.0383. The van der Waals surface area contributed by atoms with Crippen LogP contribution in [0.25, 0.3) is 0 Å². The summed E-state index contributed by atoms with van der Waals surface area (Å²) >= 11 is 0. The topological polar surface area (TPSA) is 96.4 Å². The van der Waals surface area contributed by atoms with E-state index < -0.39 is 35.6 Å². The number of likely N-dealkylation sites (tertiary alicyclic amines) is 1. The van der Waals surface area contributed by atoms with Gasteiger partial charge in [-0.15, -0.1) is 0 Å². The molecule has 2 fully saturated rings. The summed E-state index contributed by atoms with van der Waals surface area (Å²) in [7, 11) is 0. The summed E-state index contributed by atoms with van der Waals surface area (Å²) in [6.45, 7) is 5.50. The summed E-state index contributed by atoms with van der Waals surface area (Å²) in [4.78, 5) is 44.8. The van der Waals surface area contributed by atoms with Crippen molar-refractivity contribution in [2.75, 3.05) is 26.3 Å². The SMILES string of the molecule is CCCC(C)N1CC=C[C@]23O[C@H]4/C=C\CCCOC(=O)[C@H]4[C@H]2C(=O)N(CCCCCCO)C3C1=O. The maximum atomic E-state index is 14.1. The number of rotatable bonds is 9. The van der Waals surface area contributed by atoms with E-state index in [1.54, 1.807) is 4.90 Å². The molecule has 0 bridgehead atoms. The molecule has 4 aliphatic heterocycles. The number of aliphatic hydroxyl groups is 1. The minimum Gasteiger partial charge on any atom is -0.465 e. The van der Waals surface area contributed by atoms with Crippen LogP contribution in [-0.2, 0) is 23.9 Å². The second-order valence-electron chi connectivity index (χ2n) is 10.3. The Bertz CT molecular complexity index is 857. The smallest absolute Gasteiger partial charge is 0.312 e. The zero-order valence-electron chi connectivity index (χ0n) is 21.1. The molecule has 0 aromatic carbocycles. The fourth-order valence-electron chi connectivity index (χ4n) is 6.23. The highest BCUT2D eigenvalue weighted by Gasteiger charge is 2.71. The first-order valence-corrected chi connectivity index (χ1v) is 13.4. The fraction of sp³-hybridized carbons (Fsp3) is 0.741. The molecule has 1 N–H and O–H groups in total. The third-order valence-electron chi connectivity index (χ3n) is 7.93. The monoisotopic (exact) mass is 488 g/mol. The van der Waals surface area contributed by atoms with E-state index in [0.29, 0.717) is 19.7 Å². The van der Waals surface area contributed by atoms with Crippen LogP contribution in [0.2, 0.25) is 0 Å². The van der Waals surface area contributed by atoms with Gasteiger partial charge in [0.25, 0.3) is 0 Å². The van der Waals surface area contributed by atoms with Gasteiger partial charge in [0, 0.05) is 25.7 Å². The molecule has 2 unspecified atom stereocenters. The van der Waals surface area contributed by atoms with Crippen molar-refractivity contribution in [2.24, 2.45) is 11.8 Å². The molecule has 8 heteroatoms. The number of carbonyl (C=O) groups excluding carboxylic acids is 3. The van der Waals surface area contributed by atoms with Crippen LogP contribution in [0.15, 0.2) is 24.3 Å². The number of fused-ring (bicyclic) bond motifs is 2. The second-order valence-corrected chi connectivity index (χ2v) is 10.3. The van der Waals surface area contributed by atoms with Crippen LogP contribution >= 0.6 is 0 Å². The summed E-state index contributed by atoms with van der Waals surface area (Å²) in [5, 5.41) is 9.08. The zero-order chi connectivity index (χ0) is 25.0. The van der Waals surface area contributed by atoms with Crippen LogP contribution in [0.5, 0.6) is 0 Å². The average molecular weight is 489 g/mol. The van der Waals surface area contributed by atoms with Crippen LogP contribution in [0.4, 0.5) is 0 Å². The summed E-state index contributed by atoms with van der Waals surface area (Å²) in [6, 6.07) is -0.760. The molecule has 0 aliphatic carbocycles. The van der Waals surface area contributed by atoms with Crippen molar-refractivity contribution in [3.8, 4) is 0 Å². The number of hydrogen-bond acceptors (Lipinski definition) is 6. The molecule has 2 saturated heterocycles. The molecule has 4 rings (SSSR count). The summed E-state index contributed by atoms with van der Waals surface area (Å²) in [5.41, 5.74) is -1.18. The summed E-state index contributed by atoms with van der Waals surface area (Å²) in [6.07, 6.45) is 13.6. The minimum atomic E-state index is -1.18. The Balaban J connectivity index is 1.71. The van der Waals surface area contributed by atoms with E-state index in [-0.39, 0.29) is 24.5 Å². The number of ether oxygens (including phenoxy) is 2. The molecule has 0 radical (unpaired) electrons. The number of unbranched alkanes of at least 4 members (excludes halogenated alkanes) is 3. The van der Waals surface area contributed by atoms with Gasteiger partial charge in [0.1, 0.15) is 17.6 Å². The number of cyclic esters (lactones) is 1. The Labute approximate surface area is 208 Å². The Kier molecular flexibility index (Phi) is 8.32. The molecular formula is C27H40N2O6. The number of allylic oxidation sites excluding steroid dienone is 1. The Morgan fingerprint density at radius 1 is 1.14 bits per heavy atom. The normalized spacial score (nSPS) is 34.3. The molecular weight excluding hydrogens is 448 g/mol. The highest BCUT2D eigenvalue weighted by atomic mass is 16.6. The fourth-order valence-corrected chi connectivity index (χ4v) is 6.23. The van der Waals surface area contributed by atoms with E-state index in [1.807, 2.05) is 36.1 Å². The van der Waals surface area contributed by atoms with Crippen molar-refractivity contribution in [3.63, 3.8) is 0 Å². The van der Waals surface area contributed by atoms with Crippen LogP contribution in [0.3, 0.4) is 0 Å². The Morgan fingerprint density at radius 2 is 1.94 bits per heavy atom. The van der Waals surface area contributed by atoms with Crippen molar-refractivity contribution in [2.45, 2.75) is 89.0 Å². The molecule has 4 heterocycles. The van der Waals surface area contributed by atoms with E-state index in [0.717, 1.165) is 51.4 Å². The molecule has 194 valence electrons. The Hall–Kier alpha value is -2.19. The number of aliphatic hydroxyl groups excluding tert-OH is 1. The molecule has 35 heavy (non-hydrogen) atoms. The molecule has 8 nitrogen and oxygen atoms in total. The van der Waals surface area contributed by atoms with Crippen molar-refractivity contribution in [3.05, 3.63) is 24.3 Å². The standard InChI is InChI=1S/C27H40N2O6/c1-3-12-19(2)28-16-11-14-27-22(21-20(35-27)13-7-6-10-18-34-26(21)33)24(31)29(23(27)25(28)32)15-8-4-5-9-17-30/h7,11,13-14,19-23,30H,3-6,8-10,12,15-18H2,1-2H3/b13-7-/t19?,20-,21+,22-,23?,27-/m0/s1. The number of amides is 2. The van der Waals surface area contributed by atoms with E-state index in [1.165, 1.54) is 0 Å². The van der Waals surface area contributed by atoms with Crippen LogP contribution < -0.4 is 0 Å². The lowest BCUT2D eigenvalue weighted by atomic mass is 9.78. The maximum Gasteiger partial charge on any atom is 0.312 e. The average Bonchev–Trinajstić information content (AvgIpc) is 3.24. The van der Waals surface area contributed by atoms with Crippen molar-refractivity contribution < 1.29 is 29.0 Å². The molecule has 4 aliphatic rings. The van der Waals surface area contributed by atoms with Gasteiger partial charge in [-0.2, -0.15) is 0 Å². The zero-order valence-corrected chi connectivity index (χ0v) is 21.1. The van der Waals surface area contributed by atoms with E-state index in [4.69, 9.17) is 14.6 Å². The lowest BCUT2D eigenvalue weighted by Gasteiger charge is -2.37. The third kappa shape index (κ3) is 4.79. The van der Waals surface area contributed by atoms with Gasteiger partial charge >= 0.3 is 5.97 Å². The lowest BCUT2D eigenvalue weighted by Crippen LogP contribution is -2.56.